The molecule has 0 fully saturated rings. The third-order valence-corrected chi connectivity index (χ3v) is 4.81. The van der Waals surface area contributed by atoms with E-state index in [0.717, 1.165) is 15.6 Å². The largest absolute Gasteiger partial charge is 0.497 e. The van der Waals surface area contributed by atoms with Crippen molar-refractivity contribution in [2.75, 3.05) is 14.2 Å². The summed E-state index contributed by atoms with van der Waals surface area (Å²) in [6.45, 7) is 1.91. The zero-order valence-electron chi connectivity index (χ0n) is 12.7. The van der Waals surface area contributed by atoms with Crippen molar-refractivity contribution in [3.05, 3.63) is 59.7 Å². The first-order valence-electron chi connectivity index (χ1n) is 6.65. The van der Waals surface area contributed by atoms with Crippen LogP contribution in [0.2, 0.25) is 0 Å². The quantitative estimate of drug-likeness (QED) is 0.646. The lowest BCUT2D eigenvalue weighted by molar-refractivity contribution is 0.415. The number of hydrogen-bond donors (Lipinski definition) is 0. The number of rotatable bonds is 3. The van der Waals surface area contributed by atoms with E-state index in [4.69, 9.17) is 4.74 Å². The van der Waals surface area contributed by atoms with E-state index in [0.29, 0.717) is 5.56 Å². The lowest BCUT2D eigenvalue weighted by atomic mass is 10.2. The van der Waals surface area contributed by atoms with E-state index >= 15 is 0 Å². The fourth-order valence-corrected chi connectivity index (χ4v) is 2.71. The standard InChI is InChI=1S/C17H17NO3S/c1-14-4-10-17(11-5-14)22(19,20)18(2)13-12-15-6-8-16(21-3)9-7-15/h4-11H,1-3H3. The highest BCUT2D eigenvalue weighted by Gasteiger charge is 2.17. The predicted octanol–water partition coefficient (Wildman–Crippen LogP) is 2.63. The molecule has 0 amide bonds. The van der Waals surface area contributed by atoms with Crippen LogP contribution in [0.1, 0.15) is 11.1 Å². The molecule has 2 rings (SSSR count). The maximum atomic E-state index is 12.4. The molecular weight excluding hydrogens is 298 g/mol. The van der Waals surface area contributed by atoms with Crippen LogP contribution in [0.25, 0.3) is 0 Å². The van der Waals surface area contributed by atoms with Gasteiger partial charge >= 0.3 is 0 Å². The molecule has 114 valence electrons. The number of nitrogens with zero attached hydrogens (tertiary/aromatic N) is 1. The van der Waals surface area contributed by atoms with Gasteiger partial charge in [-0.1, -0.05) is 17.7 Å². The molecule has 0 aliphatic carbocycles. The van der Waals surface area contributed by atoms with E-state index in [1.54, 1.807) is 55.6 Å². The molecule has 0 atom stereocenters. The number of sulfonamides is 1. The first-order valence-corrected chi connectivity index (χ1v) is 8.09. The van der Waals surface area contributed by atoms with E-state index in [1.807, 2.05) is 6.92 Å². The lowest BCUT2D eigenvalue weighted by Crippen LogP contribution is -2.22. The number of ether oxygens (including phenoxy) is 1. The van der Waals surface area contributed by atoms with E-state index < -0.39 is 10.0 Å². The molecule has 0 radical (unpaired) electrons. The third kappa shape index (κ3) is 3.60. The SMILES string of the molecule is COc1ccc(C#CN(C)S(=O)(=O)c2ccc(C)cc2)cc1. The summed E-state index contributed by atoms with van der Waals surface area (Å²) in [6.07, 6.45) is 0. The molecule has 0 N–H and O–H groups in total. The van der Waals surface area contributed by atoms with Gasteiger partial charge in [0.2, 0.25) is 0 Å². The second kappa shape index (κ2) is 6.54. The van der Waals surface area contributed by atoms with Crippen LogP contribution in [0.3, 0.4) is 0 Å². The Kier molecular flexibility index (Phi) is 4.74. The summed E-state index contributed by atoms with van der Waals surface area (Å²) in [6, 6.07) is 16.4. The Labute approximate surface area is 131 Å². The van der Waals surface area contributed by atoms with Gasteiger partial charge in [0.1, 0.15) is 5.75 Å². The van der Waals surface area contributed by atoms with Crippen molar-refractivity contribution in [1.82, 2.24) is 4.31 Å². The molecule has 0 spiro atoms. The molecule has 0 bridgehead atoms. The molecule has 2 aromatic carbocycles. The summed E-state index contributed by atoms with van der Waals surface area (Å²) in [5.41, 5.74) is 1.72. The lowest BCUT2D eigenvalue weighted by Gasteiger charge is -2.12. The third-order valence-electron chi connectivity index (χ3n) is 3.13. The molecule has 4 nitrogen and oxygen atoms in total. The summed E-state index contributed by atoms with van der Waals surface area (Å²) in [5, 5.41) is 0. The van der Waals surface area contributed by atoms with Crippen molar-refractivity contribution < 1.29 is 13.2 Å². The maximum Gasteiger partial charge on any atom is 0.270 e. The molecule has 0 saturated heterocycles. The minimum Gasteiger partial charge on any atom is -0.497 e. The number of benzene rings is 2. The zero-order chi connectivity index (χ0) is 16.2. The molecule has 0 unspecified atom stereocenters. The normalized spacial score (nSPS) is 10.5. The molecule has 2 aromatic rings. The highest BCUT2D eigenvalue weighted by Crippen LogP contribution is 2.15. The highest BCUT2D eigenvalue weighted by molar-refractivity contribution is 7.89. The Balaban J connectivity index is 2.22. The minimum absolute atomic E-state index is 0.227. The van der Waals surface area contributed by atoms with E-state index in [2.05, 4.69) is 12.0 Å². The van der Waals surface area contributed by atoms with Crippen LogP contribution >= 0.6 is 0 Å². The van der Waals surface area contributed by atoms with Crippen molar-refractivity contribution in [1.29, 1.82) is 0 Å². The van der Waals surface area contributed by atoms with Crippen LogP contribution in [0.4, 0.5) is 0 Å². The van der Waals surface area contributed by atoms with Gasteiger partial charge in [-0.2, -0.15) is 0 Å². The van der Waals surface area contributed by atoms with Crippen molar-refractivity contribution in [3.63, 3.8) is 0 Å². The smallest absolute Gasteiger partial charge is 0.270 e. The molecule has 5 heteroatoms. The van der Waals surface area contributed by atoms with Crippen molar-refractivity contribution in [2.45, 2.75) is 11.8 Å². The van der Waals surface area contributed by atoms with Crippen molar-refractivity contribution >= 4 is 10.0 Å². The van der Waals surface area contributed by atoms with Crippen LogP contribution in [-0.2, 0) is 10.0 Å². The monoisotopic (exact) mass is 315 g/mol. The average Bonchev–Trinajstić information content (AvgIpc) is 2.53. The van der Waals surface area contributed by atoms with Gasteiger partial charge in [0, 0.05) is 18.7 Å². The molecule has 0 aliphatic heterocycles. The first kappa shape index (κ1) is 15.9. The Hall–Kier alpha value is -2.45. The Morgan fingerprint density at radius 3 is 2.14 bits per heavy atom. The van der Waals surface area contributed by atoms with E-state index in [9.17, 15) is 8.42 Å². The van der Waals surface area contributed by atoms with Gasteiger partial charge in [0.05, 0.1) is 12.0 Å². The molecule has 0 saturated carbocycles. The van der Waals surface area contributed by atoms with Crippen LogP contribution in [0.15, 0.2) is 53.4 Å². The van der Waals surface area contributed by atoms with Crippen LogP contribution in [-0.4, -0.2) is 26.9 Å². The first-order chi connectivity index (χ1) is 10.4. The van der Waals surface area contributed by atoms with Crippen LogP contribution < -0.4 is 4.74 Å². The highest BCUT2D eigenvalue weighted by atomic mass is 32.2. The minimum atomic E-state index is -3.60. The van der Waals surface area contributed by atoms with Gasteiger partial charge in [-0.05, 0) is 49.2 Å². The number of aryl methyl sites for hydroxylation is 1. The maximum absolute atomic E-state index is 12.4. The van der Waals surface area contributed by atoms with Gasteiger partial charge in [0.15, 0.2) is 0 Å². The topological polar surface area (TPSA) is 46.6 Å². The summed E-state index contributed by atoms with van der Waals surface area (Å²) < 4.78 is 30.8. The molecule has 0 heterocycles. The van der Waals surface area contributed by atoms with Crippen molar-refractivity contribution in [2.24, 2.45) is 0 Å². The Morgan fingerprint density at radius 1 is 1.00 bits per heavy atom. The summed E-state index contributed by atoms with van der Waals surface area (Å²) in [5.74, 6) is 3.55. The van der Waals surface area contributed by atoms with Gasteiger partial charge in [-0.15, -0.1) is 0 Å². The summed E-state index contributed by atoms with van der Waals surface area (Å²) in [7, 11) is -0.582. The predicted molar refractivity (Wildman–Crippen MR) is 86.0 cm³/mol. The zero-order valence-corrected chi connectivity index (χ0v) is 13.5. The fraction of sp³-hybridized carbons (Fsp3) is 0.176. The molecule has 0 aromatic heterocycles. The van der Waals surface area contributed by atoms with Gasteiger partial charge in [0.25, 0.3) is 10.0 Å². The fourth-order valence-electron chi connectivity index (χ4n) is 1.75. The number of hydrogen-bond acceptors (Lipinski definition) is 3. The van der Waals surface area contributed by atoms with Gasteiger partial charge < -0.3 is 4.74 Å². The van der Waals surface area contributed by atoms with E-state index in [-0.39, 0.29) is 4.90 Å². The van der Waals surface area contributed by atoms with Crippen LogP contribution in [0, 0.1) is 18.9 Å². The molecule has 0 aliphatic rings. The van der Waals surface area contributed by atoms with Crippen molar-refractivity contribution in [3.8, 4) is 17.7 Å². The van der Waals surface area contributed by atoms with Crippen LogP contribution in [0.5, 0.6) is 5.75 Å². The Morgan fingerprint density at radius 2 is 1.59 bits per heavy atom. The van der Waals surface area contributed by atoms with Gasteiger partial charge in [-0.3, -0.25) is 0 Å². The van der Waals surface area contributed by atoms with E-state index in [1.165, 1.54) is 7.05 Å². The molecular formula is C17H17NO3S. The second-order valence-electron chi connectivity index (χ2n) is 4.75. The summed E-state index contributed by atoms with van der Waals surface area (Å²) >= 11 is 0. The second-order valence-corrected chi connectivity index (χ2v) is 6.72. The Bertz CT molecular complexity index is 798. The average molecular weight is 315 g/mol. The molecule has 22 heavy (non-hydrogen) atoms. The summed E-state index contributed by atoms with van der Waals surface area (Å²) in [4.78, 5) is 0.227. The number of methoxy groups -OCH3 is 1. The van der Waals surface area contributed by atoms with Gasteiger partial charge in [-0.25, -0.2) is 12.7 Å².